The highest BCUT2D eigenvalue weighted by atomic mass is 16.4. The summed E-state index contributed by atoms with van der Waals surface area (Å²) in [5.74, 6) is 1.38. The summed E-state index contributed by atoms with van der Waals surface area (Å²) >= 11 is 0. The molecule has 7 nitrogen and oxygen atoms in total. The number of aliphatic hydroxyl groups is 1. The number of Topliss-reactive ketones (excluding diaryl/α,β-unsaturated/α-hetero) is 1. The van der Waals surface area contributed by atoms with Crippen LogP contribution in [0.4, 0.5) is 0 Å². The van der Waals surface area contributed by atoms with Crippen LogP contribution in [0.3, 0.4) is 0 Å². The highest BCUT2D eigenvalue weighted by Crippen LogP contribution is 2.78. The largest absolute Gasteiger partial charge is 0.481 e. The van der Waals surface area contributed by atoms with Gasteiger partial charge in [0.1, 0.15) is 0 Å². The van der Waals surface area contributed by atoms with Crippen LogP contribution in [-0.4, -0.2) is 77.5 Å². The van der Waals surface area contributed by atoms with Crippen LogP contribution >= 0.6 is 0 Å². The van der Waals surface area contributed by atoms with Crippen molar-refractivity contribution in [3.8, 4) is 0 Å². The van der Waals surface area contributed by atoms with Gasteiger partial charge in [-0.3, -0.25) is 14.4 Å². The van der Waals surface area contributed by atoms with E-state index in [4.69, 9.17) is 0 Å². The maximum Gasteiger partial charge on any atom is 0.306 e. The molecule has 0 heterocycles. The molecule has 306 valence electrons. The number of fused-ring (bicyclic) bond motifs is 7. The van der Waals surface area contributed by atoms with Crippen LogP contribution in [0.1, 0.15) is 145 Å². The number of aliphatic hydroxyl groups excluding tert-OH is 1. The fourth-order valence-electron chi connectivity index (χ4n) is 15.2. The zero-order valence-electron chi connectivity index (χ0n) is 35.9. The predicted octanol–water partition coefficient (Wildman–Crippen LogP) is 9.26. The van der Waals surface area contributed by atoms with E-state index in [1.165, 1.54) is 36.0 Å². The van der Waals surface area contributed by atoms with E-state index in [1.54, 1.807) is 0 Å². The zero-order chi connectivity index (χ0) is 39.9. The minimum atomic E-state index is -0.759. The van der Waals surface area contributed by atoms with Crippen molar-refractivity contribution in [1.29, 1.82) is 0 Å². The number of carbonyl (C=O) groups is 3. The van der Waals surface area contributed by atoms with E-state index in [9.17, 15) is 24.6 Å². The Morgan fingerprint density at radius 2 is 1.67 bits per heavy atom. The summed E-state index contributed by atoms with van der Waals surface area (Å²) in [4.78, 5) is 43.7. The molecule has 0 aromatic rings. The molecule has 7 rings (SSSR count). The molecular formula is C48H74N2O5. The molecule has 0 saturated heterocycles. The molecule has 1 amide bonds. The maximum absolute atomic E-state index is 14.3. The summed E-state index contributed by atoms with van der Waals surface area (Å²) in [6, 6.07) is 0. The number of nitrogens with zero attached hydrogens (tertiary/aromatic N) is 2. The lowest BCUT2D eigenvalue weighted by Crippen LogP contribution is -2.65. The number of allylic oxidation sites excluding steroid dienone is 5. The van der Waals surface area contributed by atoms with Crippen molar-refractivity contribution < 1.29 is 24.6 Å². The van der Waals surface area contributed by atoms with Gasteiger partial charge in [-0.1, -0.05) is 72.6 Å². The molecular weight excluding hydrogens is 685 g/mol. The Morgan fingerprint density at radius 3 is 2.25 bits per heavy atom. The summed E-state index contributed by atoms with van der Waals surface area (Å²) in [5, 5.41) is 22.3. The number of carboxylic acid groups (broad SMARTS) is 1. The van der Waals surface area contributed by atoms with Crippen molar-refractivity contribution in [2.45, 2.75) is 151 Å². The van der Waals surface area contributed by atoms with Crippen molar-refractivity contribution in [2.24, 2.45) is 62.6 Å². The summed E-state index contributed by atoms with van der Waals surface area (Å²) in [6.45, 7) is 18.4. The van der Waals surface area contributed by atoms with E-state index in [2.05, 4.69) is 60.6 Å². The van der Waals surface area contributed by atoms with E-state index in [0.717, 1.165) is 69.8 Å². The van der Waals surface area contributed by atoms with E-state index < -0.39 is 17.5 Å². The maximum atomic E-state index is 14.3. The molecule has 0 spiro atoms. The van der Waals surface area contributed by atoms with Crippen molar-refractivity contribution in [1.82, 2.24) is 9.80 Å². The van der Waals surface area contributed by atoms with Gasteiger partial charge in [-0.15, -0.1) is 0 Å². The normalized spacial score (nSPS) is 39.0. The summed E-state index contributed by atoms with van der Waals surface area (Å²) in [7, 11) is 3.87. The Bertz CT molecular complexity index is 1650. The van der Waals surface area contributed by atoms with Crippen LogP contribution < -0.4 is 0 Å². The minimum absolute atomic E-state index is 0.0128. The molecule has 55 heavy (non-hydrogen) atoms. The molecule has 9 atom stereocenters. The third-order valence-electron chi connectivity index (χ3n) is 18.0. The van der Waals surface area contributed by atoms with Crippen LogP contribution in [0.5, 0.6) is 0 Å². The first-order chi connectivity index (χ1) is 25.9. The summed E-state index contributed by atoms with van der Waals surface area (Å²) in [5.41, 5.74) is 4.89. The molecule has 7 heteroatoms. The van der Waals surface area contributed by atoms with Gasteiger partial charge in [0.2, 0.25) is 5.91 Å². The number of carboxylic acids is 1. The van der Waals surface area contributed by atoms with Crippen molar-refractivity contribution in [3.63, 3.8) is 0 Å². The number of ketones is 1. The second-order valence-electron chi connectivity index (χ2n) is 21.4. The van der Waals surface area contributed by atoms with Gasteiger partial charge >= 0.3 is 5.97 Å². The lowest BCUT2D eigenvalue weighted by atomic mass is 9.32. The van der Waals surface area contributed by atoms with Gasteiger partial charge < -0.3 is 20.0 Å². The molecule has 0 aliphatic heterocycles. The fraction of sp³-hybridized carbons (Fsp3) is 0.812. The molecule has 7 aliphatic rings. The lowest BCUT2D eigenvalue weighted by Gasteiger charge is -2.72. The molecule has 0 aromatic heterocycles. The highest BCUT2D eigenvalue weighted by molar-refractivity contribution is 6.00. The van der Waals surface area contributed by atoms with Crippen LogP contribution in [0.15, 0.2) is 34.4 Å². The van der Waals surface area contributed by atoms with Gasteiger partial charge in [0.15, 0.2) is 5.78 Å². The second-order valence-corrected chi connectivity index (χ2v) is 21.4. The third-order valence-corrected chi connectivity index (χ3v) is 18.0. The Balaban J connectivity index is 1.23. The van der Waals surface area contributed by atoms with E-state index in [-0.39, 0.29) is 51.1 Å². The number of rotatable bonds is 11. The van der Waals surface area contributed by atoms with Gasteiger partial charge in [-0.2, -0.15) is 0 Å². The minimum Gasteiger partial charge on any atom is -0.481 e. The van der Waals surface area contributed by atoms with Crippen molar-refractivity contribution >= 4 is 17.7 Å². The average molecular weight is 759 g/mol. The second kappa shape index (κ2) is 14.5. The predicted molar refractivity (Wildman–Crippen MR) is 219 cm³/mol. The molecule has 0 aromatic carbocycles. The first-order valence-electron chi connectivity index (χ1n) is 22.4. The number of amides is 1. The standard InChI is InChI=1S/C48H74N2O5/c1-10-48-25-24-47(39(52)28-50(27-31-12-11-13-31)40(53)29-49(8)9)26-36(51)41(30(2)3)42(47)35(48)18-19-38-45(6)22-20-34(32-14-16-33(17-15-32)43(54)55)44(4,5)37(45)21-23-46(38,48)7/h14,20,30-31,33,35,37-39,52H,10-13,15-19,21-29H2,1-9H3,(H,54,55)/t33?,35-,37+,38-,39+,45+,46-,47+,48-/m1/s1. The molecule has 1 unspecified atom stereocenters. The number of hydrogen-bond donors (Lipinski definition) is 2. The summed E-state index contributed by atoms with van der Waals surface area (Å²) < 4.78 is 0. The molecule has 2 N–H and O–H groups in total. The quantitative estimate of drug-likeness (QED) is 0.218. The van der Waals surface area contributed by atoms with Crippen molar-refractivity contribution in [3.05, 3.63) is 34.4 Å². The summed E-state index contributed by atoms with van der Waals surface area (Å²) in [6.07, 6.45) is 18.8. The zero-order valence-corrected chi connectivity index (χ0v) is 35.9. The first-order valence-corrected chi connectivity index (χ1v) is 22.4. The van der Waals surface area contributed by atoms with E-state index >= 15 is 0 Å². The lowest BCUT2D eigenvalue weighted by molar-refractivity contribution is -0.210. The SMILES string of the molecule is CC[C@@]12CC[C@@]3([C@@H](O)CN(CC4CCC4)C(=O)CN(C)C)CC(=O)C(C(C)C)=C3[C@H]1CC[C@@H]1[C@@]3(C)CC=C(C4=CCC(C(=O)O)CC4)C(C)(C)[C@@H]3CC[C@]12C. The van der Waals surface area contributed by atoms with Crippen molar-refractivity contribution in [2.75, 3.05) is 33.7 Å². The van der Waals surface area contributed by atoms with Gasteiger partial charge in [-0.25, -0.2) is 0 Å². The molecule has 4 saturated carbocycles. The molecule has 7 aliphatic carbocycles. The Morgan fingerprint density at radius 1 is 0.945 bits per heavy atom. The Labute approximate surface area is 332 Å². The average Bonchev–Trinajstić information content (AvgIpc) is 3.41. The third kappa shape index (κ3) is 6.29. The van der Waals surface area contributed by atoms with Gasteiger partial charge in [-0.05, 0) is 166 Å². The van der Waals surface area contributed by atoms with Crippen LogP contribution in [0.25, 0.3) is 0 Å². The molecule has 4 fully saturated rings. The van der Waals surface area contributed by atoms with Crippen LogP contribution in [0.2, 0.25) is 0 Å². The molecule has 0 radical (unpaired) electrons. The van der Waals surface area contributed by atoms with Gasteiger partial charge in [0, 0.05) is 24.9 Å². The topological polar surface area (TPSA) is 98.2 Å². The monoisotopic (exact) mass is 759 g/mol. The highest BCUT2D eigenvalue weighted by Gasteiger charge is 2.71. The first kappa shape index (κ1) is 40.9. The fourth-order valence-corrected chi connectivity index (χ4v) is 15.2. The number of hydrogen-bond acceptors (Lipinski definition) is 5. The van der Waals surface area contributed by atoms with E-state index in [1.807, 2.05) is 23.9 Å². The molecule has 0 bridgehead atoms. The van der Waals surface area contributed by atoms with Crippen LogP contribution in [0, 0.1) is 62.6 Å². The van der Waals surface area contributed by atoms with Crippen LogP contribution in [-0.2, 0) is 14.4 Å². The van der Waals surface area contributed by atoms with Gasteiger partial charge in [0.05, 0.1) is 18.6 Å². The number of carbonyl (C=O) groups excluding carboxylic acids is 2. The smallest absolute Gasteiger partial charge is 0.306 e. The number of likely N-dealkylation sites (N-methyl/N-ethyl adjacent to an activating group) is 1. The Kier molecular flexibility index (Phi) is 10.8. The number of aliphatic carboxylic acids is 1. The van der Waals surface area contributed by atoms with Gasteiger partial charge in [0.25, 0.3) is 0 Å². The van der Waals surface area contributed by atoms with E-state index in [0.29, 0.717) is 50.2 Å². The Hall–Kier alpha value is -2.25.